The first-order valence-corrected chi connectivity index (χ1v) is 9.87. The van der Waals surface area contributed by atoms with Crippen molar-refractivity contribution in [2.24, 2.45) is 5.92 Å². The lowest BCUT2D eigenvalue weighted by molar-refractivity contribution is 0.228. The second-order valence-corrected chi connectivity index (χ2v) is 8.08. The average Bonchev–Trinajstić information content (AvgIpc) is 3.05. The summed E-state index contributed by atoms with van der Waals surface area (Å²) in [6.07, 6.45) is 5.02. The Bertz CT molecular complexity index is 715. The van der Waals surface area contributed by atoms with Gasteiger partial charge in [-0.3, -0.25) is 4.90 Å². The first-order chi connectivity index (χ1) is 12.5. The molecule has 2 unspecified atom stereocenters. The lowest BCUT2D eigenvalue weighted by Gasteiger charge is -2.24. The fraction of sp³-hybridized carbons (Fsp3) is 0.619. The molecule has 0 radical (unpaired) electrons. The van der Waals surface area contributed by atoms with Crippen molar-refractivity contribution >= 4 is 16.7 Å². The first-order valence-electron chi connectivity index (χ1n) is 9.87. The first kappa shape index (κ1) is 19.1. The number of nitrogens with one attached hydrogen (secondary N) is 1. The molecule has 1 N–H and O–H groups in total. The van der Waals surface area contributed by atoms with Gasteiger partial charge in [0.1, 0.15) is 11.6 Å². The Labute approximate surface area is 157 Å². The van der Waals surface area contributed by atoms with Gasteiger partial charge in [0.25, 0.3) is 0 Å². The molecule has 1 aromatic carbocycles. The topological polar surface area (TPSA) is 44.3 Å². The van der Waals surface area contributed by atoms with E-state index in [1.807, 2.05) is 0 Å². The number of para-hydroxylation sites is 1. The summed E-state index contributed by atoms with van der Waals surface area (Å²) in [5, 5.41) is 4.65. The van der Waals surface area contributed by atoms with Crippen LogP contribution in [0.4, 0.5) is 5.82 Å². The third-order valence-electron chi connectivity index (χ3n) is 5.41. The maximum absolute atomic E-state index is 4.87. The molecule has 0 spiro atoms. The Morgan fingerprint density at radius 2 is 1.92 bits per heavy atom. The minimum Gasteiger partial charge on any atom is -0.369 e. The van der Waals surface area contributed by atoms with Gasteiger partial charge in [0.2, 0.25) is 0 Å². The van der Waals surface area contributed by atoms with E-state index < -0.39 is 0 Å². The number of anilines is 1. The molecule has 1 aliphatic rings. The van der Waals surface area contributed by atoms with Gasteiger partial charge in [0, 0.05) is 18.0 Å². The number of fused-ring (bicyclic) bond motifs is 1. The molecule has 0 bridgehead atoms. The minimum absolute atomic E-state index is 0.663. The fourth-order valence-corrected chi connectivity index (χ4v) is 3.86. The highest BCUT2D eigenvalue weighted by Gasteiger charge is 2.25. The predicted octanol–water partition coefficient (Wildman–Crippen LogP) is 3.61. The zero-order valence-electron chi connectivity index (χ0n) is 16.7. The second kappa shape index (κ2) is 8.78. The van der Waals surface area contributed by atoms with E-state index in [1.54, 1.807) is 0 Å². The number of benzene rings is 1. The molecule has 1 aliphatic carbocycles. The number of hydrogen-bond acceptors (Lipinski definition) is 5. The molecule has 26 heavy (non-hydrogen) atoms. The van der Waals surface area contributed by atoms with Crippen LogP contribution in [0.2, 0.25) is 0 Å². The summed E-state index contributed by atoms with van der Waals surface area (Å²) in [6.45, 7) is 5.17. The van der Waals surface area contributed by atoms with Crippen LogP contribution in [0.1, 0.15) is 38.4 Å². The van der Waals surface area contributed by atoms with Crippen LogP contribution in [0.3, 0.4) is 0 Å². The molecule has 2 atom stereocenters. The van der Waals surface area contributed by atoms with Crippen LogP contribution in [-0.4, -0.2) is 60.0 Å². The molecule has 5 nitrogen and oxygen atoms in total. The molecule has 1 fully saturated rings. The number of aromatic nitrogens is 2. The van der Waals surface area contributed by atoms with Gasteiger partial charge >= 0.3 is 0 Å². The summed E-state index contributed by atoms with van der Waals surface area (Å²) in [4.78, 5) is 14.3. The van der Waals surface area contributed by atoms with Crippen LogP contribution in [0.5, 0.6) is 0 Å². The van der Waals surface area contributed by atoms with Gasteiger partial charge in [-0.25, -0.2) is 9.97 Å². The van der Waals surface area contributed by atoms with Crippen molar-refractivity contribution in [1.82, 2.24) is 19.8 Å². The summed E-state index contributed by atoms with van der Waals surface area (Å²) in [6, 6.07) is 8.97. The third-order valence-corrected chi connectivity index (χ3v) is 5.41. The van der Waals surface area contributed by atoms with Crippen LogP contribution >= 0.6 is 0 Å². The van der Waals surface area contributed by atoms with Crippen LogP contribution in [0.25, 0.3) is 10.9 Å². The standard InChI is InChI=1S/C21H33N5/c1-16-10-11-17(14-16)26(4)15-20-23-19-9-6-5-8-18(19)21(24-20)22-12-7-13-25(2)3/h5-6,8-9,16-17H,7,10-15H2,1-4H3,(H,22,23,24). The van der Waals surface area contributed by atoms with Gasteiger partial charge in [0.05, 0.1) is 12.1 Å². The highest BCUT2D eigenvalue weighted by atomic mass is 15.2. The van der Waals surface area contributed by atoms with Crippen molar-refractivity contribution in [3.8, 4) is 0 Å². The van der Waals surface area contributed by atoms with Crippen molar-refractivity contribution in [2.45, 2.75) is 45.2 Å². The molecular formula is C21H33N5. The SMILES string of the molecule is CC1CCC(N(C)Cc2nc(NCCCN(C)C)c3ccccc3n2)C1. The summed E-state index contributed by atoms with van der Waals surface area (Å²) in [5.41, 5.74) is 1.03. The van der Waals surface area contributed by atoms with E-state index in [-0.39, 0.29) is 0 Å². The minimum atomic E-state index is 0.663. The number of hydrogen-bond donors (Lipinski definition) is 1. The summed E-state index contributed by atoms with van der Waals surface area (Å²) >= 11 is 0. The normalized spacial score (nSPS) is 20.4. The number of nitrogens with zero attached hydrogens (tertiary/aromatic N) is 4. The Balaban J connectivity index is 1.73. The Morgan fingerprint density at radius 1 is 1.12 bits per heavy atom. The Morgan fingerprint density at radius 3 is 2.65 bits per heavy atom. The van der Waals surface area contributed by atoms with Gasteiger partial charge in [-0.2, -0.15) is 0 Å². The van der Waals surface area contributed by atoms with Gasteiger partial charge < -0.3 is 10.2 Å². The maximum atomic E-state index is 4.87. The molecule has 142 valence electrons. The van der Waals surface area contributed by atoms with E-state index in [0.717, 1.165) is 54.5 Å². The van der Waals surface area contributed by atoms with E-state index in [1.165, 1.54) is 19.3 Å². The van der Waals surface area contributed by atoms with Crippen LogP contribution in [0.15, 0.2) is 24.3 Å². The molecule has 3 rings (SSSR count). The Kier molecular flexibility index (Phi) is 6.43. The van der Waals surface area contributed by atoms with Crippen molar-refractivity contribution in [2.75, 3.05) is 39.5 Å². The molecule has 1 saturated carbocycles. The second-order valence-electron chi connectivity index (χ2n) is 8.08. The largest absolute Gasteiger partial charge is 0.369 e. The summed E-state index contributed by atoms with van der Waals surface area (Å²) in [5.74, 6) is 2.73. The summed E-state index contributed by atoms with van der Waals surface area (Å²) in [7, 11) is 6.43. The zero-order chi connectivity index (χ0) is 18.5. The van der Waals surface area contributed by atoms with Crippen LogP contribution in [0, 0.1) is 5.92 Å². The van der Waals surface area contributed by atoms with Gasteiger partial charge in [-0.1, -0.05) is 19.1 Å². The van der Waals surface area contributed by atoms with Crippen LogP contribution < -0.4 is 5.32 Å². The lowest BCUT2D eigenvalue weighted by Crippen LogP contribution is -2.29. The van der Waals surface area contributed by atoms with Crippen molar-refractivity contribution in [3.63, 3.8) is 0 Å². The monoisotopic (exact) mass is 355 g/mol. The number of rotatable bonds is 8. The molecule has 5 heteroatoms. The van der Waals surface area contributed by atoms with E-state index in [9.17, 15) is 0 Å². The zero-order valence-corrected chi connectivity index (χ0v) is 16.7. The van der Waals surface area contributed by atoms with E-state index in [0.29, 0.717) is 6.04 Å². The molecule has 2 aromatic rings. The fourth-order valence-electron chi connectivity index (χ4n) is 3.86. The molecular weight excluding hydrogens is 322 g/mol. The average molecular weight is 356 g/mol. The highest BCUT2D eigenvalue weighted by Crippen LogP contribution is 2.29. The summed E-state index contributed by atoms with van der Waals surface area (Å²) < 4.78 is 0. The molecule has 1 aromatic heterocycles. The van der Waals surface area contributed by atoms with Crippen molar-refractivity contribution < 1.29 is 0 Å². The highest BCUT2D eigenvalue weighted by molar-refractivity contribution is 5.88. The quantitative estimate of drug-likeness (QED) is 0.733. The van der Waals surface area contributed by atoms with E-state index in [2.05, 4.69) is 67.4 Å². The maximum Gasteiger partial charge on any atom is 0.145 e. The molecule has 0 amide bonds. The van der Waals surface area contributed by atoms with Crippen molar-refractivity contribution in [3.05, 3.63) is 30.1 Å². The van der Waals surface area contributed by atoms with Gasteiger partial charge in [0.15, 0.2) is 0 Å². The smallest absolute Gasteiger partial charge is 0.145 e. The Hall–Kier alpha value is -1.72. The van der Waals surface area contributed by atoms with E-state index >= 15 is 0 Å². The van der Waals surface area contributed by atoms with Crippen molar-refractivity contribution in [1.29, 1.82) is 0 Å². The predicted molar refractivity (Wildman–Crippen MR) is 109 cm³/mol. The van der Waals surface area contributed by atoms with E-state index in [4.69, 9.17) is 9.97 Å². The molecule has 0 aliphatic heterocycles. The van der Waals surface area contributed by atoms with Gasteiger partial charge in [-0.15, -0.1) is 0 Å². The molecule has 0 saturated heterocycles. The lowest BCUT2D eigenvalue weighted by atomic mass is 10.1. The third kappa shape index (κ3) is 4.92. The van der Waals surface area contributed by atoms with Crippen LogP contribution in [-0.2, 0) is 6.54 Å². The van der Waals surface area contributed by atoms with Gasteiger partial charge in [-0.05, 0) is 71.4 Å². The molecule has 1 heterocycles.